The zero-order valence-electron chi connectivity index (χ0n) is 8.69. The summed E-state index contributed by atoms with van der Waals surface area (Å²) in [6.45, 7) is 0.635. The Morgan fingerprint density at radius 3 is 1.72 bits per heavy atom. The van der Waals surface area contributed by atoms with Gasteiger partial charge in [-0.15, -0.1) is 0 Å². The van der Waals surface area contributed by atoms with Gasteiger partial charge in [0.2, 0.25) is 0 Å². The molecule has 0 aliphatic carbocycles. The Labute approximate surface area is 96.2 Å². The second kappa shape index (κ2) is 4.14. The summed E-state index contributed by atoms with van der Waals surface area (Å²) < 4.78 is 74.5. The van der Waals surface area contributed by atoms with Crippen molar-refractivity contribution in [2.45, 2.75) is 19.3 Å². The van der Waals surface area contributed by atoms with E-state index in [1.807, 2.05) is 0 Å². The number of hydrogen-bond acceptors (Lipinski definition) is 2. The second-order valence-electron chi connectivity index (χ2n) is 3.39. The van der Waals surface area contributed by atoms with Crippen LogP contribution in [0.1, 0.15) is 16.7 Å². The molecule has 0 heterocycles. The molecular weight excluding hydrogens is 268 g/mol. The van der Waals surface area contributed by atoms with Crippen molar-refractivity contribution in [3.8, 4) is 0 Å². The molecule has 0 unspecified atom stereocenters. The molecule has 0 radical (unpaired) electrons. The molecule has 9 heteroatoms. The van der Waals surface area contributed by atoms with Crippen LogP contribution in [0.4, 0.5) is 32.0 Å². The first-order chi connectivity index (χ1) is 7.96. The van der Waals surface area contributed by atoms with Crippen LogP contribution in [0.3, 0.4) is 0 Å². The van der Waals surface area contributed by atoms with E-state index in [1.54, 1.807) is 0 Å². The van der Waals surface area contributed by atoms with Crippen LogP contribution in [0, 0.1) is 17.0 Å². The first-order valence-electron chi connectivity index (χ1n) is 4.38. The van der Waals surface area contributed by atoms with Gasteiger partial charge in [0.15, 0.2) is 0 Å². The van der Waals surface area contributed by atoms with Crippen molar-refractivity contribution in [1.82, 2.24) is 0 Å². The lowest BCUT2D eigenvalue weighted by molar-refractivity contribution is -0.388. The molecule has 100 valence electrons. The van der Waals surface area contributed by atoms with Crippen LogP contribution >= 0.6 is 0 Å². The Morgan fingerprint density at radius 2 is 1.39 bits per heavy atom. The summed E-state index contributed by atoms with van der Waals surface area (Å²) in [5.74, 6) is 0. The van der Waals surface area contributed by atoms with E-state index in [0.29, 0.717) is 6.92 Å². The van der Waals surface area contributed by atoms with Gasteiger partial charge in [-0.25, -0.2) is 0 Å². The Hall–Kier alpha value is -1.80. The minimum absolute atomic E-state index is 0.0634. The van der Waals surface area contributed by atoms with Crippen LogP contribution in [0.5, 0.6) is 0 Å². The van der Waals surface area contributed by atoms with Crippen LogP contribution in [0.2, 0.25) is 0 Å². The number of hydrogen-bond donors (Lipinski definition) is 0. The minimum Gasteiger partial charge on any atom is -0.258 e. The molecule has 0 saturated carbocycles. The molecule has 0 atom stereocenters. The maximum absolute atomic E-state index is 12.4. The van der Waals surface area contributed by atoms with Gasteiger partial charge < -0.3 is 0 Å². The molecule has 0 amide bonds. The highest BCUT2D eigenvalue weighted by Gasteiger charge is 2.43. The van der Waals surface area contributed by atoms with E-state index in [1.165, 1.54) is 0 Å². The normalized spacial score (nSPS) is 12.6. The van der Waals surface area contributed by atoms with E-state index in [-0.39, 0.29) is 12.1 Å². The summed E-state index contributed by atoms with van der Waals surface area (Å²) in [6.07, 6.45) is -10.0. The fraction of sp³-hybridized carbons (Fsp3) is 0.333. The molecule has 3 nitrogen and oxygen atoms in total. The van der Waals surface area contributed by atoms with Gasteiger partial charge in [0.25, 0.3) is 5.69 Å². The maximum Gasteiger partial charge on any atom is 0.423 e. The molecule has 0 aromatic heterocycles. The third kappa shape index (κ3) is 2.54. The summed E-state index contributed by atoms with van der Waals surface area (Å²) in [5.41, 5.74) is -5.78. The predicted molar refractivity (Wildman–Crippen MR) is 47.8 cm³/mol. The molecule has 0 N–H and O–H groups in total. The van der Waals surface area contributed by atoms with Crippen LogP contribution in [-0.2, 0) is 12.4 Å². The third-order valence-corrected chi connectivity index (χ3v) is 2.22. The number of nitro groups is 1. The Balaban J connectivity index is 3.64. The third-order valence-electron chi connectivity index (χ3n) is 2.22. The van der Waals surface area contributed by atoms with E-state index in [9.17, 15) is 36.5 Å². The predicted octanol–water partition coefficient (Wildman–Crippen LogP) is 3.94. The van der Waals surface area contributed by atoms with Crippen molar-refractivity contribution in [3.05, 3.63) is 38.9 Å². The van der Waals surface area contributed by atoms with E-state index in [0.717, 1.165) is 0 Å². The lowest BCUT2D eigenvalue weighted by Gasteiger charge is -2.14. The summed E-state index contributed by atoms with van der Waals surface area (Å²) in [4.78, 5) is 9.04. The van der Waals surface area contributed by atoms with Gasteiger partial charge in [0.05, 0.1) is 10.5 Å². The van der Waals surface area contributed by atoms with Gasteiger partial charge in [-0.05, 0) is 19.1 Å². The van der Waals surface area contributed by atoms with Crippen LogP contribution in [0.25, 0.3) is 0 Å². The number of benzene rings is 1. The first kappa shape index (κ1) is 14.3. The van der Waals surface area contributed by atoms with Crippen molar-refractivity contribution in [1.29, 1.82) is 0 Å². The molecule has 0 aliphatic rings. The molecule has 0 fully saturated rings. The number of halogens is 6. The van der Waals surface area contributed by atoms with Gasteiger partial charge in [-0.1, -0.05) is 0 Å². The highest BCUT2D eigenvalue weighted by atomic mass is 19.4. The lowest BCUT2D eigenvalue weighted by Crippen LogP contribution is -2.14. The van der Waals surface area contributed by atoms with E-state index >= 15 is 0 Å². The molecule has 0 bridgehead atoms. The number of nitro benzene ring substituents is 1. The summed E-state index contributed by atoms with van der Waals surface area (Å²) in [7, 11) is 0. The number of alkyl halides is 6. The van der Waals surface area contributed by atoms with Crippen molar-refractivity contribution < 1.29 is 31.3 Å². The maximum atomic E-state index is 12.4. The van der Waals surface area contributed by atoms with Gasteiger partial charge in [0, 0.05) is 5.56 Å². The van der Waals surface area contributed by atoms with Gasteiger partial charge >= 0.3 is 12.4 Å². The first-order valence-corrected chi connectivity index (χ1v) is 4.38. The Kier molecular flexibility index (Phi) is 3.28. The lowest BCUT2D eigenvalue weighted by atomic mass is 10.0. The van der Waals surface area contributed by atoms with E-state index in [2.05, 4.69) is 0 Å². The van der Waals surface area contributed by atoms with Crippen molar-refractivity contribution in [2.75, 3.05) is 0 Å². The molecule has 1 aromatic rings. The van der Waals surface area contributed by atoms with Gasteiger partial charge in [-0.2, -0.15) is 26.3 Å². The van der Waals surface area contributed by atoms with Gasteiger partial charge in [-0.3, -0.25) is 10.1 Å². The van der Waals surface area contributed by atoms with Crippen molar-refractivity contribution in [2.24, 2.45) is 0 Å². The number of rotatable bonds is 1. The fourth-order valence-electron chi connectivity index (χ4n) is 1.47. The highest BCUT2D eigenvalue weighted by molar-refractivity contribution is 5.53. The Morgan fingerprint density at radius 1 is 1.00 bits per heavy atom. The average Bonchev–Trinajstić information content (AvgIpc) is 2.12. The monoisotopic (exact) mass is 273 g/mol. The molecule has 1 aromatic carbocycles. The zero-order chi connectivity index (χ0) is 14.3. The summed E-state index contributed by atoms with van der Waals surface area (Å²) in [5, 5.41) is 10.5. The summed E-state index contributed by atoms with van der Waals surface area (Å²) >= 11 is 0. The SMILES string of the molecule is Cc1c(C(F)(F)F)ccc(C(F)(F)F)c1[N+](=O)[O-]. The second-order valence-corrected chi connectivity index (χ2v) is 3.39. The van der Waals surface area contributed by atoms with E-state index < -0.39 is 39.7 Å². The fourth-order valence-corrected chi connectivity index (χ4v) is 1.47. The van der Waals surface area contributed by atoms with Crippen molar-refractivity contribution >= 4 is 5.69 Å². The Bertz CT molecular complexity index is 491. The van der Waals surface area contributed by atoms with Crippen LogP contribution < -0.4 is 0 Å². The standard InChI is InChI=1S/C9H5F6NO2/c1-4-5(8(10,11)12)2-3-6(9(13,14)15)7(4)16(17)18/h2-3H,1H3. The van der Waals surface area contributed by atoms with E-state index in [4.69, 9.17) is 0 Å². The quantitative estimate of drug-likeness (QED) is 0.442. The minimum atomic E-state index is -5.09. The molecule has 0 saturated heterocycles. The highest BCUT2D eigenvalue weighted by Crippen LogP contribution is 2.42. The average molecular weight is 273 g/mol. The van der Waals surface area contributed by atoms with Crippen LogP contribution in [-0.4, -0.2) is 4.92 Å². The van der Waals surface area contributed by atoms with Gasteiger partial charge in [0.1, 0.15) is 5.56 Å². The topological polar surface area (TPSA) is 43.1 Å². The van der Waals surface area contributed by atoms with Crippen LogP contribution in [0.15, 0.2) is 12.1 Å². The molecular formula is C9H5F6NO2. The smallest absolute Gasteiger partial charge is 0.258 e. The largest absolute Gasteiger partial charge is 0.423 e. The number of nitrogens with zero attached hydrogens (tertiary/aromatic N) is 1. The van der Waals surface area contributed by atoms with Crippen molar-refractivity contribution in [3.63, 3.8) is 0 Å². The molecule has 1 rings (SSSR count). The molecule has 18 heavy (non-hydrogen) atoms. The zero-order valence-corrected chi connectivity index (χ0v) is 8.69. The summed E-state index contributed by atoms with van der Waals surface area (Å²) in [6, 6.07) is 0.249. The molecule has 0 spiro atoms. The molecule has 0 aliphatic heterocycles.